The molecular formula is C32H29ClN8O3. The summed E-state index contributed by atoms with van der Waals surface area (Å²) < 4.78 is 10.2. The van der Waals surface area contributed by atoms with Gasteiger partial charge in [-0.25, -0.2) is 14.3 Å². The van der Waals surface area contributed by atoms with Crippen LogP contribution in [0.3, 0.4) is 0 Å². The zero-order chi connectivity index (χ0) is 29.5. The lowest BCUT2D eigenvalue weighted by molar-refractivity contribution is 0.388. The van der Waals surface area contributed by atoms with Gasteiger partial charge in [0, 0.05) is 24.6 Å². The molecule has 7 rings (SSSR count). The molecule has 0 amide bonds. The SMILES string of the molecule is CCCc1c(Cc2ccc(-c3ccccc3-c3noc(=O)[nH]3)cc2)c(=O)n(Cc2nc3ccccc3n2C)c2ncnn12.Cl. The molecule has 0 bridgehead atoms. The van der Waals surface area contributed by atoms with Crippen molar-refractivity contribution in [2.75, 3.05) is 0 Å². The zero-order valence-corrected chi connectivity index (χ0v) is 24.9. The van der Waals surface area contributed by atoms with E-state index in [9.17, 15) is 9.59 Å². The van der Waals surface area contributed by atoms with E-state index in [0.29, 0.717) is 30.0 Å². The van der Waals surface area contributed by atoms with Crippen LogP contribution in [-0.2, 0) is 26.4 Å². The van der Waals surface area contributed by atoms with Gasteiger partial charge >= 0.3 is 5.76 Å². The van der Waals surface area contributed by atoms with E-state index in [1.165, 1.54) is 6.33 Å². The second-order valence-corrected chi connectivity index (χ2v) is 10.5. The Labute approximate surface area is 257 Å². The van der Waals surface area contributed by atoms with Gasteiger partial charge in [-0.2, -0.15) is 10.1 Å². The molecule has 0 spiro atoms. The Hall–Kier alpha value is -5.29. The first-order chi connectivity index (χ1) is 21.0. The van der Waals surface area contributed by atoms with Crippen molar-refractivity contribution in [1.29, 1.82) is 0 Å². The summed E-state index contributed by atoms with van der Waals surface area (Å²) in [5, 5.41) is 8.38. The first-order valence-electron chi connectivity index (χ1n) is 14.1. The minimum Gasteiger partial charge on any atom is -0.330 e. The fourth-order valence-electron chi connectivity index (χ4n) is 5.70. The van der Waals surface area contributed by atoms with Crippen molar-refractivity contribution in [2.24, 2.45) is 7.05 Å². The van der Waals surface area contributed by atoms with Crippen molar-refractivity contribution < 1.29 is 4.52 Å². The predicted octanol–water partition coefficient (Wildman–Crippen LogP) is 4.80. The maximum Gasteiger partial charge on any atom is 0.439 e. The van der Waals surface area contributed by atoms with Crippen LogP contribution >= 0.6 is 12.4 Å². The second kappa shape index (κ2) is 11.8. The molecule has 0 saturated heterocycles. The Balaban J connectivity index is 0.00000343. The zero-order valence-electron chi connectivity index (χ0n) is 24.1. The second-order valence-electron chi connectivity index (χ2n) is 10.5. The number of benzene rings is 3. The van der Waals surface area contributed by atoms with Gasteiger partial charge in [0.15, 0.2) is 5.82 Å². The summed E-state index contributed by atoms with van der Waals surface area (Å²) in [5.41, 5.74) is 6.93. The van der Waals surface area contributed by atoms with Crippen molar-refractivity contribution in [1.82, 2.24) is 38.9 Å². The number of nitrogens with one attached hydrogen (secondary N) is 1. The topological polar surface area (TPSA) is 129 Å². The van der Waals surface area contributed by atoms with Gasteiger partial charge in [-0.1, -0.05) is 79.2 Å². The number of H-pyrrole nitrogens is 1. The summed E-state index contributed by atoms with van der Waals surface area (Å²) in [7, 11) is 1.96. The fraction of sp³-hybridized carbons (Fsp3) is 0.188. The van der Waals surface area contributed by atoms with Gasteiger partial charge in [-0.3, -0.25) is 18.9 Å². The van der Waals surface area contributed by atoms with Crippen LogP contribution in [-0.4, -0.2) is 38.9 Å². The Morgan fingerprint density at radius 1 is 0.932 bits per heavy atom. The van der Waals surface area contributed by atoms with Gasteiger partial charge in [0.25, 0.3) is 5.56 Å². The van der Waals surface area contributed by atoms with Gasteiger partial charge < -0.3 is 4.57 Å². The van der Waals surface area contributed by atoms with E-state index in [1.54, 1.807) is 9.08 Å². The average molecular weight is 609 g/mol. The third kappa shape index (κ3) is 5.01. The molecule has 222 valence electrons. The lowest BCUT2D eigenvalue weighted by Gasteiger charge is -2.15. The predicted molar refractivity (Wildman–Crippen MR) is 169 cm³/mol. The van der Waals surface area contributed by atoms with Crippen LogP contribution in [0, 0.1) is 0 Å². The van der Waals surface area contributed by atoms with Crippen LogP contribution in [0.15, 0.2) is 93.2 Å². The Bertz CT molecular complexity index is 2220. The Kier molecular flexibility index (Phi) is 7.71. The molecule has 1 N–H and O–H groups in total. The number of halogens is 1. The van der Waals surface area contributed by atoms with E-state index in [1.807, 2.05) is 84.4 Å². The molecule has 0 radical (unpaired) electrons. The molecule has 0 unspecified atom stereocenters. The molecule has 7 aromatic rings. The monoisotopic (exact) mass is 608 g/mol. The van der Waals surface area contributed by atoms with Gasteiger partial charge in [0.05, 0.1) is 23.3 Å². The number of rotatable bonds is 8. The number of nitrogens with zero attached hydrogens (tertiary/aromatic N) is 7. The first-order valence-corrected chi connectivity index (χ1v) is 14.1. The van der Waals surface area contributed by atoms with Crippen molar-refractivity contribution in [3.63, 3.8) is 0 Å². The molecule has 3 aromatic carbocycles. The lowest BCUT2D eigenvalue weighted by Crippen LogP contribution is -2.30. The number of hydrogen-bond acceptors (Lipinski definition) is 7. The summed E-state index contributed by atoms with van der Waals surface area (Å²) in [5.74, 6) is 1.03. The quantitative estimate of drug-likeness (QED) is 0.262. The summed E-state index contributed by atoms with van der Waals surface area (Å²) in [4.78, 5) is 37.7. The molecular weight excluding hydrogens is 580 g/mol. The lowest BCUT2D eigenvalue weighted by atomic mass is 9.96. The van der Waals surface area contributed by atoms with Crippen LogP contribution < -0.4 is 11.3 Å². The number of fused-ring (bicyclic) bond motifs is 2. The van der Waals surface area contributed by atoms with E-state index < -0.39 is 5.76 Å². The number of imidazole rings is 1. The number of hydrogen-bond donors (Lipinski definition) is 1. The number of aromatic amines is 1. The summed E-state index contributed by atoms with van der Waals surface area (Å²) in [6.07, 6.45) is 3.48. The summed E-state index contributed by atoms with van der Waals surface area (Å²) in [6.45, 7) is 2.36. The van der Waals surface area contributed by atoms with Gasteiger partial charge in [0.2, 0.25) is 5.78 Å². The molecule has 0 saturated carbocycles. The Morgan fingerprint density at radius 2 is 1.68 bits per heavy atom. The number of para-hydroxylation sites is 2. The molecule has 0 fully saturated rings. The number of aromatic nitrogens is 8. The molecule has 4 aromatic heterocycles. The van der Waals surface area contributed by atoms with Crippen LogP contribution in [0.25, 0.3) is 39.3 Å². The molecule has 12 heteroatoms. The van der Waals surface area contributed by atoms with E-state index >= 15 is 0 Å². The highest BCUT2D eigenvalue weighted by molar-refractivity contribution is 5.85. The van der Waals surface area contributed by atoms with Crippen LogP contribution in [0.2, 0.25) is 0 Å². The van der Waals surface area contributed by atoms with Crippen molar-refractivity contribution in [3.05, 3.63) is 123 Å². The molecule has 0 atom stereocenters. The highest BCUT2D eigenvalue weighted by Gasteiger charge is 2.21. The van der Waals surface area contributed by atoms with Gasteiger partial charge in [0.1, 0.15) is 12.2 Å². The van der Waals surface area contributed by atoms with E-state index in [0.717, 1.165) is 51.2 Å². The summed E-state index contributed by atoms with van der Waals surface area (Å²) >= 11 is 0. The maximum atomic E-state index is 14.2. The van der Waals surface area contributed by atoms with Crippen molar-refractivity contribution in [2.45, 2.75) is 32.7 Å². The standard InChI is InChI=1S/C32H28N8O3.ClH/c1-3-8-26-24(17-20-13-15-21(16-14-20)22-9-4-5-10-23(22)29-36-32(42)43-37-29)30(41)39(31-33-19-34-40(26)31)18-28-35-25-11-6-7-12-27(25)38(28)2;/h4-7,9-16,19H,3,8,17-18H2,1-2H3,(H,36,37,42);1H. The van der Waals surface area contributed by atoms with Gasteiger partial charge in [-0.05, 0) is 35.2 Å². The Morgan fingerprint density at radius 3 is 2.41 bits per heavy atom. The normalized spacial score (nSPS) is 11.3. The highest BCUT2D eigenvalue weighted by atomic mass is 35.5. The molecule has 0 aliphatic rings. The first kappa shape index (κ1) is 28.8. The average Bonchev–Trinajstić information content (AvgIpc) is 3.77. The van der Waals surface area contributed by atoms with Crippen LogP contribution in [0.5, 0.6) is 0 Å². The highest BCUT2D eigenvalue weighted by Crippen LogP contribution is 2.30. The van der Waals surface area contributed by atoms with Crippen molar-refractivity contribution in [3.8, 4) is 22.5 Å². The number of aryl methyl sites for hydroxylation is 2. The van der Waals surface area contributed by atoms with Crippen molar-refractivity contribution >= 4 is 29.2 Å². The largest absolute Gasteiger partial charge is 0.439 e. The van der Waals surface area contributed by atoms with Crippen LogP contribution in [0.1, 0.15) is 36.0 Å². The maximum absolute atomic E-state index is 14.2. The van der Waals surface area contributed by atoms with E-state index in [4.69, 9.17) is 9.51 Å². The molecule has 44 heavy (non-hydrogen) atoms. The summed E-state index contributed by atoms with van der Waals surface area (Å²) in [6, 6.07) is 23.7. The van der Waals surface area contributed by atoms with E-state index in [-0.39, 0.29) is 24.5 Å². The third-order valence-electron chi connectivity index (χ3n) is 7.81. The third-order valence-corrected chi connectivity index (χ3v) is 7.81. The fourth-order valence-corrected chi connectivity index (χ4v) is 5.70. The minimum atomic E-state index is -0.603. The minimum absolute atomic E-state index is 0. The molecule has 11 nitrogen and oxygen atoms in total. The smallest absolute Gasteiger partial charge is 0.330 e. The molecule has 0 aliphatic heterocycles. The molecule has 0 aliphatic carbocycles. The molecule has 4 heterocycles. The van der Waals surface area contributed by atoms with Crippen LogP contribution in [0.4, 0.5) is 0 Å². The van der Waals surface area contributed by atoms with Gasteiger partial charge in [-0.15, -0.1) is 12.4 Å². The van der Waals surface area contributed by atoms with E-state index in [2.05, 4.69) is 27.1 Å².